The van der Waals surface area contributed by atoms with Gasteiger partial charge in [0.05, 0.1) is 6.20 Å². The molecule has 0 fully saturated rings. The molecule has 0 aliphatic rings. The zero-order valence-electron chi connectivity index (χ0n) is 16.9. The van der Waals surface area contributed by atoms with Gasteiger partial charge in [0, 0.05) is 17.1 Å². The topological polar surface area (TPSA) is 78.3 Å². The number of benzene rings is 1. The molecule has 0 saturated carbocycles. The summed E-state index contributed by atoms with van der Waals surface area (Å²) in [6, 6.07) is 2.92. The summed E-state index contributed by atoms with van der Waals surface area (Å²) in [6.45, 7) is 8.73. The first kappa shape index (κ1) is 23.9. The van der Waals surface area contributed by atoms with Crippen LogP contribution in [0.3, 0.4) is 0 Å². The minimum atomic E-state index is -5.98. The summed E-state index contributed by atoms with van der Waals surface area (Å²) in [5.74, 6) is -1.53. The van der Waals surface area contributed by atoms with Gasteiger partial charge in [-0.3, -0.25) is 4.79 Å². The number of nitrogens with zero attached hydrogens (tertiary/aromatic N) is 2. The molecule has 1 aromatic carbocycles. The van der Waals surface area contributed by atoms with Gasteiger partial charge in [-0.25, -0.2) is 4.68 Å². The van der Waals surface area contributed by atoms with Crippen LogP contribution in [-0.4, -0.2) is 29.5 Å². The number of carbonyl (C=O) groups excluding carboxylic acids is 1. The number of hydrogen-bond donors (Lipinski definition) is 0. The third-order valence-corrected chi connectivity index (χ3v) is 5.85. The molecule has 11 heteroatoms. The smallest absolute Gasteiger partial charge is 0.355 e. The maximum Gasteiger partial charge on any atom is 0.534 e. The first-order valence-corrected chi connectivity index (χ1v) is 10.6. The van der Waals surface area contributed by atoms with Gasteiger partial charge < -0.3 is 4.18 Å². The summed E-state index contributed by atoms with van der Waals surface area (Å²) in [5, 5.41) is 4.19. The monoisotopic (exact) mass is 464 g/mol. The van der Waals surface area contributed by atoms with Crippen molar-refractivity contribution in [2.24, 2.45) is 0 Å². The van der Waals surface area contributed by atoms with E-state index in [0.29, 0.717) is 16.1 Å². The summed E-state index contributed by atoms with van der Waals surface area (Å²) < 4.78 is 66.5. The van der Waals surface area contributed by atoms with E-state index in [2.05, 4.69) is 9.28 Å². The number of rotatable bonds is 6. The number of hydrogen-bond acceptors (Lipinski definition) is 5. The predicted octanol–water partition coefficient (Wildman–Crippen LogP) is 5.14. The first-order valence-electron chi connectivity index (χ1n) is 8.77. The largest absolute Gasteiger partial charge is 0.534 e. The van der Waals surface area contributed by atoms with E-state index >= 15 is 0 Å². The molecule has 0 amide bonds. The van der Waals surface area contributed by atoms with Crippen molar-refractivity contribution in [2.75, 3.05) is 0 Å². The number of carbonyl (C=O) groups is 1. The Labute approximate surface area is 177 Å². The van der Waals surface area contributed by atoms with Crippen LogP contribution < -0.4 is 4.18 Å². The molecule has 0 N–H and O–H groups in total. The molecule has 0 aliphatic carbocycles. The average molecular weight is 465 g/mol. The summed E-state index contributed by atoms with van der Waals surface area (Å²) >= 11 is 6.30. The lowest BCUT2D eigenvalue weighted by Gasteiger charge is -2.15. The predicted molar refractivity (Wildman–Crippen MR) is 107 cm³/mol. The highest BCUT2D eigenvalue weighted by Gasteiger charge is 2.49. The molecular weight excluding hydrogens is 445 g/mol. The minimum absolute atomic E-state index is 0.0162. The summed E-state index contributed by atoms with van der Waals surface area (Å²) in [6.07, 6.45) is 0.981. The van der Waals surface area contributed by atoms with E-state index in [-0.39, 0.29) is 12.1 Å². The zero-order valence-corrected chi connectivity index (χ0v) is 18.5. The Kier molecular flexibility index (Phi) is 6.72. The Morgan fingerprint density at radius 3 is 2.30 bits per heavy atom. The van der Waals surface area contributed by atoms with Gasteiger partial charge in [0.1, 0.15) is 5.56 Å². The van der Waals surface area contributed by atoms with Crippen LogP contribution in [0.2, 0.25) is 5.02 Å². The molecule has 2 aromatic rings. The second-order valence-electron chi connectivity index (χ2n) is 6.71. The number of halogens is 4. The van der Waals surface area contributed by atoms with Crippen molar-refractivity contribution in [1.29, 1.82) is 0 Å². The lowest BCUT2D eigenvalue weighted by atomic mass is 9.92. The maximum absolute atomic E-state index is 13.1. The van der Waals surface area contributed by atoms with Crippen LogP contribution >= 0.6 is 11.6 Å². The summed E-state index contributed by atoms with van der Waals surface area (Å²) in [4.78, 5) is 13.1. The van der Waals surface area contributed by atoms with Gasteiger partial charge >= 0.3 is 15.6 Å². The van der Waals surface area contributed by atoms with Crippen LogP contribution in [0.15, 0.2) is 23.9 Å². The normalized spacial score (nSPS) is 12.0. The third kappa shape index (κ3) is 4.39. The molecule has 164 valence electrons. The highest BCUT2D eigenvalue weighted by molar-refractivity contribution is 7.88. The second kappa shape index (κ2) is 8.43. The van der Waals surface area contributed by atoms with Crippen molar-refractivity contribution in [3.8, 4) is 5.88 Å². The number of allylic oxidation sites excluding steroid dienone is 2. The molecule has 0 saturated heterocycles. The molecule has 1 aromatic heterocycles. The standard InChI is InChI=1S/C19H20ClF3N2O4S/c1-6-25-18(29-30(27,28)19(21,22)23)14(9-24-25)17(26)13-7-8-15(20)16(12(13)5)11(4)10(2)3/h7-9H,6H2,1-5H3. The van der Waals surface area contributed by atoms with Gasteiger partial charge in [-0.05, 0) is 63.5 Å². The summed E-state index contributed by atoms with van der Waals surface area (Å²) in [5.41, 5.74) is -3.00. The van der Waals surface area contributed by atoms with Crippen molar-refractivity contribution < 1.29 is 30.6 Å². The molecule has 2 rings (SSSR count). The molecule has 0 unspecified atom stereocenters. The molecule has 0 aliphatic heterocycles. The molecule has 0 bridgehead atoms. The fourth-order valence-corrected chi connectivity index (χ4v) is 3.60. The maximum atomic E-state index is 13.1. The molecular formula is C19H20ClF3N2O4S. The molecule has 0 atom stereocenters. The van der Waals surface area contributed by atoms with Crippen LogP contribution in [0.5, 0.6) is 5.88 Å². The van der Waals surface area contributed by atoms with Crippen molar-refractivity contribution in [3.05, 3.63) is 51.2 Å². The van der Waals surface area contributed by atoms with Gasteiger partial charge in [0.2, 0.25) is 5.88 Å². The van der Waals surface area contributed by atoms with Crippen molar-refractivity contribution in [2.45, 2.75) is 46.7 Å². The lowest BCUT2D eigenvalue weighted by molar-refractivity contribution is -0.0502. The average Bonchev–Trinajstić information content (AvgIpc) is 3.02. The Hall–Kier alpha value is -2.33. The van der Waals surface area contributed by atoms with E-state index < -0.39 is 32.9 Å². The lowest BCUT2D eigenvalue weighted by Crippen LogP contribution is -2.29. The second-order valence-corrected chi connectivity index (χ2v) is 8.66. The zero-order chi connectivity index (χ0) is 23.0. The Morgan fingerprint density at radius 1 is 1.20 bits per heavy atom. The van der Waals surface area contributed by atoms with Gasteiger partial charge in [-0.15, -0.1) is 0 Å². The van der Waals surface area contributed by atoms with E-state index in [0.717, 1.165) is 22.0 Å². The molecule has 30 heavy (non-hydrogen) atoms. The van der Waals surface area contributed by atoms with Gasteiger partial charge in [0.25, 0.3) is 0 Å². The van der Waals surface area contributed by atoms with Crippen LogP contribution in [0, 0.1) is 6.92 Å². The van der Waals surface area contributed by atoms with E-state index in [4.69, 9.17) is 11.6 Å². The van der Waals surface area contributed by atoms with Crippen molar-refractivity contribution in [1.82, 2.24) is 9.78 Å². The van der Waals surface area contributed by atoms with Crippen LogP contribution in [-0.2, 0) is 16.7 Å². The molecule has 0 spiro atoms. The third-order valence-electron chi connectivity index (χ3n) is 4.59. The highest BCUT2D eigenvalue weighted by Crippen LogP contribution is 2.34. The molecule has 0 radical (unpaired) electrons. The van der Waals surface area contributed by atoms with E-state index in [1.54, 1.807) is 6.92 Å². The number of alkyl halides is 3. The fraction of sp³-hybridized carbons (Fsp3) is 0.368. The Bertz CT molecular complexity index is 1130. The number of aromatic nitrogens is 2. The fourth-order valence-electron chi connectivity index (χ4n) is 2.77. The van der Waals surface area contributed by atoms with Crippen LogP contribution in [0.4, 0.5) is 13.2 Å². The highest BCUT2D eigenvalue weighted by atomic mass is 35.5. The minimum Gasteiger partial charge on any atom is -0.355 e. The first-order chi connectivity index (χ1) is 13.7. The molecule has 1 heterocycles. The number of aryl methyl sites for hydroxylation is 1. The van der Waals surface area contributed by atoms with Gasteiger partial charge in [-0.1, -0.05) is 17.2 Å². The number of ketones is 1. The van der Waals surface area contributed by atoms with Gasteiger partial charge in [0.15, 0.2) is 5.78 Å². The van der Waals surface area contributed by atoms with Crippen molar-refractivity contribution in [3.63, 3.8) is 0 Å². The summed E-state index contributed by atoms with van der Waals surface area (Å²) in [7, 11) is -5.98. The van der Waals surface area contributed by atoms with Crippen molar-refractivity contribution >= 4 is 33.1 Å². The van der Waals surface area contributed by atoms with Crippen LogP contribution in [0.1, 0.15) is 54.7 Å². The molecule has 6 nitrogen and oxygen atoms in total. The van der Waals surface area contributed by atoms with Crippen LogP contribution in [0.25, 0.3) is 5.57 Å². The Balaban J connectivity index is 2.66. The van der Waals surface area contributed by atoms with E-state index in [9.17, 15) is 26.4 Å². The Morgan fingerprint density at radius 2 is 1.80 bits per heavy atom. The van der Waals surface area contributed by atoms with E-state index in [1.165, 1.54) is 19.1 Å². The van der Waals surface area contributed by atoms with Gasteiger partial charge in [-0.2, -0.15) is 26.7 Å². The SMILES string of the molecule is CCn1ncc(C(=O)c2ccc(Cl)c(C(C)=C(C)C)c2C)c1OS(=O)(=O)C(F)(F)F. The quantitative estimate of drug-likeness (QED) is 0.336. The van der Waals surface area contributed by atoms with E-state index in [1.807, 2.05) is 20.8 Å².